The van der Waals surface area contributed by atoms with Crippen LogP contribution in [-0.2, 0) is 4.79 Å². The number of benzene rings is 2. The largest absolute Gasteiger partial charge is 0.355 e. The number of rotatable bonds is 5. The number of anilines is 1. The predicted molar refractivity (Wildman–Crippen MR) is 87.3 cm³/mol. The highest BCUT2D eigenvalue weighted by molar-refractivity contribution is 5.81. The molecule has 0 aliphatic heterocycles. The highest BCUT2D eigenvalue weighted by Gasteiger charge is 2.19. The van der Waals surface area contributed by atoms with Gasteiger partial charge in [0.1, 0.15) is 0 Å². The second-order valence-electron chi connectivity index (χ2n) is 5.34. The Kier molecular flexibility index (Phi) is 4.99. The summed E-state index contributed by atoms with van der Waals surface area (Å²) in [7, 11) is 3.58. The Morgan fingerprint density at radius 2 is 1.48 bits per heavy atom. The molecular formula is C18H22N2O. The zero-order chi connectivity index (χ0) is 15.2. The van der Waals surface area contributed by atoms with Crippen molar-refractivity contribution in [3.63, 3.8) is 0 Å². The number of hydrogen-bond donors (Lipinski definition) is 0. The monoisotopic (exact) mass is 282 g/mol. The number of amides is 1. The first-order chi connectivity index (χ1) is 10.1. The van der Waals surface area contributed by atoms with Gasteiger partial charge in [0.15, 0.2) is 0 Å². The minimum absolute atomic E-state index is 0.0987. The molecule has 110 valence electrons. The summed E-state index contributed by atoms with van der Waals surface area (Å²) in [6.07, 6.45) is 0. The van der Waals surface area contributed by atoms with Gasteiger partial charge in [-0.15, -0.1) is 0 Å². The van der Waals surface area contributed by atoms with Crippen molar-refractivity contribution in [2.45, 2.75) is 13.0 Å². The van der Waals surface area contributed by atoms with Gasteiger partial charge in [-0.3, -0.25) is 4.79 Å². The minimum Gasteiger partial charge on any atom is -0.355 e. The van der Waals surface area contributed by atoms with E-state index >= 15 is 0 Å². The van der Waals surface area contributed by atoms with Gasteiger partial charge >= 0.3 is 0 Å². The lowest BCUT2D eigenvalue weighted by molar-refractivity contribution is -0.127. The van der Waals surface area contributed by atoms with Crippen molar-refractivity contribution < 1.29 is 4.79 Å². The Labute approximate surface area is 126 Å². The van der Waals surface area contributed by atoms with E-state index in [2.05, 4.69) is 24.0 Å². The van der Waals surface area contributed by atoms with Gasteiger partial charge in [-0.1, -0.05) is 48.5 Å². The van der Waals surface area contributed by atoms with Crippen LogP contribution in [0.3, 0.4) is 0 Å². The van der Waals surface area contributed by atoms with E-state index in [1.807, 2.05) is 48.5 Å². The summed E-state index contributed by atoms with van der Waals surface area (Å²) in [4.78, 5) is 15.9. The molecule has 1 atom stereocenters. The lowest BCUT2D eigenvalue weighted by atomic mass is 10.1. The number of likely N-dealkylation sites (N-methyl/N-ethyl adjacent to an activating group) is 1. The van der Waals surface area contributed by atoms with Gasteiger partial charge in [-0.25, -0.2) is 0 Å². The zero-order valence-electron chi connectivity index (χ0n) is 12.9. The summed E-state index contributed by atoms with van der Waals surface area (Å²) in [5.41, 5.74) is 2.26. The maximum Gasteiger partial charge on any atom is 0.241 e. The van der Waals surface area contributed by atoms with Crippen molar-refractivity contribution in [2.75, 3.05) is 25.5 Å². The van der Waals surface area contributed by atoms with Crippen LogP contribution in [0.2, 0.25) is 0 Å². The topological polar surface area (TPSA) is 23.6 Å². The SMILES string of the molecule is CC(c1ccccc1)N(CC(=O)N(C)C)c1ccccc1. The average Bonchev–Trinajstić information content (AvgIpc) is 2.53. The first-order valence-corrected chi connectivity index (χ1v) is 7.16. The molecule has 3 heteroatoms. The maximum absolute atomic E-state index is 12.1. The Hall–Kier alpha value is -2.29. The zero-order valence-corrected chi connectivity index (χ0v) is 12.9. The molecule has 0 radical (unpaired) electrons. The predicted octanol–water partition coefficient (Wildman–Crippen LogP) is 3.34. The van der Waals surface area contributed by atoms with Gasteiger partial charge in [0, 0.05) is 19.8 Å². The summed E-state index contributed by atoms with van der Waals surface area (Å²) < 4.78 is 0. The van der Waals surface area contributed by atoms with Gasteiger partial charge in [-0.05, 0) is 24.6 Å². The highest BCUT2D eigenvalue weighted by atomic mass is 16.2. The number of carbonyl (C=O) groups is 1. The average molecular weight is 282 g/mol. The molecule has 0 spiro atoms. The van der Waals surface area contributed by atoms with Crippen LogP contribution >= 0.6 is 0 Å². The summed E-state index contributed by atoms with van der Waals surface area (Å²) in [6, 6.07) is 20.5. The van der Waals surface area contributed by atoms with Crippen LogP contribution in [0.5, 0.6) is 0 Å². The summed E-state index contributed by atoms with van der Waals surface area (Å²) in [5.74, 6) is 0.0987. The van der Waals surface area contributed by atoms with E-state index in [0.29, 0.717) is 6.54 Å². The van der Waals surface area contributed by atoms with Crippen LogP contribution in [0, 0.1) is 0 Å². The Balaban J connectivity index is 2.30. The third-order valence-electron chi connectivity index (χ3n) is 3.64. The Morgan fingerprint density at radius 1 is 0.952 bits per heavy atom. The molecule has 2 aromatic rings. The van der Waals surface area contributed by atoms with Crippen LogP contribution in [0.25, 0.3) is 0 Å². The number of carbonyl (C=O) groups excluding carboxylic acids is 1. The number of para-hydroxylation sites is 1. The smallest absolute Gasteiger partial charge is 0.241 e. The van der Waals surface area contributed by atoms with Crippen LogP contribution in [0.1, 0.15) is 18.5 Å². The quantitative estimate of drug-likeness (QED) is 0.839. The van der Waals surface area contributed by atoms with E-state index in [1.54, 1.807) is 19.0 Å². The first-order valence-electron chi connectivity index (χ1n) is 7.16. The van der Waals surface area contributed by atoms with Gasteiger partial charge in [-0.2, -0.15) is 0 Å². The molecule has 2 aromatic carbocycles. The van der Waals surface area contributed by atoms with E-state index < -0.39 is 0 Å². The maximum atomic E-state index is 12.1. The molecule has 2 rings (SSSR count). The molecule has 0 N–H and O–H groups in total. The van der Waals surface area contributed by atoms with E-state index in [-0.39, 0.29) is 11.9 Å². The van der Waals surface area contributed by atoms with Crippen LogP contribution < -0.4 is 4.90 Å². The van der Waals surface area contributed by atoms with Crippen LogP contribution in [-0.4, -0.2) is 31.4 Å². The summed E-state index contributed by atoms with van der Waals surface area (Å²) in [6.45, 7) is 2.50. The molecular weight excluding hydrogens is 260 g/mol. The molecule has 1 unspecified atom stereocenters. The first kappa shape index (κ1) is 15.1. The Morgan fingerprint density at radius 3 is 2.00 bits per heavy atom. The minimum atomic E-state index is 0.0987. The molecule has 21 heavy (non-hydrogen) atoms. The van der Waals surface area contributed by atoms with Gasteiger partial charge in [0.05, 0.1) is 12.6 Å². The van der Waals surface area contributed by atoms with Crippen molar-refractivity contribution in [1.29, 1.82) is 0 Å². The van der Waals surface area contributed by atoms with Crippen molar-refractivity contribution in [1.82, 2.24) is 4.90 Å². The number of nitrogens with zero attached hydrogens (tertiary/aromatic N) is 2. The fraction of sp³-hybridized carbons (Fsp3) is 0.278. The summed E-state index contributed by atoms with van der Waals surface area (Å²) >= 11 is 0. The van der Waals surface area contributed by atoms with E-state index in [9.17, 15) is 4.79 Å². The molecule has 3 nitrogen and oxygen atoms in total. The lowest BCUT2D eigenvalue weighted by Gasteiger charge is -2.32. The molecule has 0 bridgehead atoms. The van der Waals surface area contributed by atoms with E-state index in [1.165, 1.54) is 5.56 Å². The van der Waals surface area contributed by atoms with Crippen molar-refractivity contribution >= 4 is 11.6 Å². The van der Waals surface area contributed by atoms with Crippen molar-refractivity contribution in [3.05, 3.63) is 66.2 Å². The molecule has 0 aliphatic rings. The second kappa shape index (κ2) is 6.93. The standard InChI is InChI=1S/C18H22N2O/c1-15(16-10-6-4-7-11-16)20(14-18(21)19(2)3)17-12-8-5-9-13-17/h4-13,15H,14H2,1-3H3. The van der Waals surface area contributed by atoms with Gasteiger partial charge in [0.2, 0.25) is 5.91 Å². The molecule has 0 saturated heterocycles. The van der Waals surface area contributed by atoms with Gasteiger partial charge < -0.3 is 9.80 Å². The molecule has 0 aliphatic carbocycles. The van der Waals surface area contributed by atoms with E-state index in [0.717, 1.165) is 5.69 Å². The van der Waals surface area contributed by atoms with Crippen LogP contribution in [0.15, 0.2) is 60.7 Å². The third kappa shape index (κ3) is 3.85. The Bertz CT molecular complexity index is 566. The summed E-state index contributed by atoms with van der Waals surface area (Å²) in [5, 5.41) is 0. The molecule has 0 aromatic heterocycles. The fourth-order valence-electron chi connectivity index (χ4n) is 2.27. The highest BCUT2D eigenvalue weighted by Crippen LogP contribution is 2.26. The molecule has 0 heterocycles. The van der Waals surface area contributed by atoms with Gasteiger partial charge in [0.25, 0.3) is 0 Å². The second-order valence-corrected chi connectivity index (χ2v) is 5.34. The fourth-order valence-corrected chi connectivity index (χ4v) is 2.27. The van der Waals surface area contributed by atoms with Crippen molar-refractivity contribution in [2.24, 2.45) is 0 Å². The molecule has 0 fully saturated rings. The lowest BCUT2D eigenvalue weighted by Crippen LogP contribution is -2.38. The molecule has 0 saturated carbocycles. The molecule has 1 amide bonds. The normalized spacial score (nSPS) is 11.8. The third-order valence-corrected chi connectivity index (χ3v) is 3.64. The number of hydrogen-bond acceptors (Lipinski definition) is 2. The van der Waals surface area contributed by atoms with Crippen LogP contribution in [0.4, 0.5) is 5.69 Å². The van der Waals surface area contributed by atoms with E-state index in [4.69, 9.17) is 0 Å². The van der Waals surface area contributed by atoms with Crippen molar-refractivity contribution in [3.8, 4) is 0 Å².